The van der Waals surface area contributed by atoms with Crippen LogP contribution < -0.4 is 16.0 Å². The van der Waals surface area contributed by atoms with Gasteiger partial charge in [-0.2, -0.15) is 0 Å². The Kier molecular flexibility index (Phi) is 10.1. The van der Waals surface area contributed by atoms with Crippen LogP contribution in [0.5, 0.6) is 5.75 Å². The maximum absolute atomic E-state index is 13.0. The third-order valence-electron chi connectivity index (χ3n) is 5.62. The highest BCUT2D eigenvalue weighted by atomic mass is 16.6. The highest BCUT2D eigenvalue weighted by Crippen LogP contribution is 2.34. The lowest BCUT2D eigenvalue weighted by atomic mass is 10.0. The number of ether oxygens (including phenoxy) is 3. The SMILES string of the molecule is C=C(OCC)c1cc2c3ccnc(C)c3c(=O)n(C)c2cc1OCCCC(C)C.CC(C)(C)OC(N)=O. The lowest BCUT2D eigenvalue weighted by Gasteiger charge is -2.18. The van der Waals surface area contributed by atoms with Crippen molar-refractivity contribution in [3.8, 4) is 5.75 Å². The first kappa shape index (κ1) is 29.7. The molecule has 2 heterocycles. The van der Waals surface area contributed by atoms with Gasteiger partial charge in [0.15, 0.2) is 0 Å². The number of rotatable bonds is 8. The van der Waals surface area contributed by atoms with Crippen LogP contribution in [-0.2, 0) is 16.5 Å². The molecule has 3 aromatic rings. The van der Waals surface area contributed by atoms with E-state index in [1.165, 1.54) is 0 Å². The smallest absolute Gasteiger partial charge is 0.405 e. The normalized spacial score (nSPS) is 11.3. The van der Waals surface area contributed by atoms with Crippen LogP contribution in [0.3, 0.4) is 0 Å². The number of aromatic nitrogens is 2. The predicted molar refractivity (Wildman–Crippen MR) is 150 cm³/mol. The molecular weight excluding hydrogens is 470 g/mol. The maximum atomic E-state index is 13.0. The molecule has 0 unspecified atom stereocenters. The van der Waals surface area contributed by atoms with Crippen LogP contribution in [0.15, 0.2) is 35.8 Å². The van der Waals surface area contributed by atoms with Crippen molar-refractivity contribution in [1.82, 2.24) is 9.55 Å². The van der Waals surface area contributed by atoms with Crippen LogP contribution in [0.1, 0.15) is 65.6 Å². The van der Waals surface area contributed by atoms with Crippen LogP contribution in [0.25, 0.3) is 27.4 Å². The summed E-state index contributed by atoms with van der Waals surface area (Å²) in [5.74, 6) is 1.90. The number of aryl methyl sites for hydroxylation is 2. The number of pyridine rings is 2. The van der Waals surface area contributed by atoms with Crippen molar-refractivity contribution in [3.05, 3.63) is 52.6 Å². The van der Waals surface area contributed by atoms with Crippen LogP contribution in [-0.4, -0.2) is 34.5 Å². The van der Waals surface area contributed by atoms with E-state index in [4.69, 9.17) is 15.2 Å². The standard InChI is InChI=1S/C24H30N2O3.C5H11NO2/c1-7-28-17(5)19-13-20-18-10-11-25-16(4)23(18)24(27)26(6)21(20)14-22(19)29-12-8-9-15(2)3;1-5(2,3)8-4(6)7/h10-11,13-15H,5,7-9,12H2,1-4,6H3;1-3H3,(H2,6,7). The van der Waals surface area contributed by atoms with Gasteiger partial charge in [0.25, 0.3) is 5.56 Å². The minimum absolute atomic E-state index is 0.0553. The van der Waals surface area contributed by atoms with Crippen LogP contribution in [0.2, 0.25) is 0 Å². The summed E-state index contributed by atoms with van der Waals surface area (Å²) in [6.45, 7) is 18.7. The number of hydrogen-bond acceptors (Lipinski definition) is 6. The molecule has 0 fully saturated rings. The van der Waals surface area contributed by atoms with E-state index in [1.54, 1.807) is 38.6 Å². The third kappa shape index (κ3) is 7.97. The Balaban J connectivity index is 0.000000521. The van der Waals surface area contributed by atoms with E-state index in [2.05, 4.69) is 30.1 Å². The molecule has 0 radical (unpaired) electrons. The summed E-state index contributed by atoms with van der Waals surface area (Å²) >= 11 is 0. The largest absolute Gasteiger partial charge is 0.494 e. The minimum Gasteiger partial charge on any atom is -0.494 e. The average molecular weight is 512 g/mol. The first-order chi connectivity index (χ1) is 17.3. The molecule has 202 valence electrons. The third-order valence-corrected chi connectivity index (χ3v) is 5.62. The molecule has 0 atom stereocenters. The second-order valence-corrected chi connectivity index (χ2v) is 10.3. The molecular formula is C29H41N3O5. The molecule has 1 amide bonds. The summed E-state index contributed by atoms with van der Waals surface area (Å²) in [4.78, 5) is 27.3. The van der Waals surface area contributed by atoms with Gasteiger partial charge >= 0.3 is 6.09 Å². The predicted octanol–water partition coefficient (Wildman–Crippen LogP) is 6.10. The van der Waals surface area contributed by atoms with Gasteiger partial charge in [0.2, 0.25) is 0 Å². The highest BCUT2D eigenvalue weighted by Gasteiger charge is 2.17. The van der Waals surface area contributed by atoms with Gasteiger partial charge in [0, 0.05) is 24.7 Å². The van der Waals surface area contributed by atoms with Gasteiger partial charge in [-0.25, -0.2) is 4.79 Å². The number of primary amides is 1. The minimum atomic E-state index is -0.725. The second kappa shape index (κ2) is 12.6. The van der Waals surface area contributed by atoms with Gasteiger partial charge in [-0.15, -0.1) is 0 Å². The van der Waals surface area contributed by atoms with Crippen molar-refractivity contribution in [2.24, 2.45) is 18.7 Å². The summed E-state index contributed by atoms with van der Waals surface area (Å²) in [5.41, 5.74) is 6.57. The van der Waals surface area contributed by atoms with Crippen LogP contribution in [0.4, 0.5) is 4.79 Å². The van der Waals surface area contributed by atoms with E-state index >= 15 is 0 Å². The summed E-state index contributed by atoms with van der Waals surface area (Å²) < 4.78 is 18.1. The van der Waals surface area contributed by atoms with Gasteiger partial charge in [-0.1, -0.05) is 20.4 Å². The summed E-state index contributed by atoms with van der Waals surface area (Å²) in [6.07, 6.45) is 3.09. The molecule has 37 heavy (non-hydrogen) atoms. The second-order valence-electron chi connectivity index (χ2n) is 10.3. The van der Waals surface area contributed by atoms with E-state index in [9.17, 15) is 9.59 Å². The van der Waals surface area contributed by atoms with Gasteiger partial charge in [-0.3, -0.25) is 9.78 Å². The Labute approximate surface area is 219 Å². The lowest BCUT2D eigenvalue weighted by Crippen LogP contribution is -2.27. The number of carbonyl (C=O) groups is 1. The monoisotopic (exact) mass is 511 g/mol. The molecule has 0 saturated heterocycles. The number of amides is 1. The summed E-state index contributed by atoms with van der Waals surface area (Å²) in [5, 5.41) is 2.48. The molecule has 1 aromatic carbocycles. The first-order valence-electron chi connectivity index (χ1n) is 12.6. The number of nitrogens with zero attached hydrogens (tertiary/aromatic N) is 2. The Hall–Kier alpha value is -3.55. The lowest BCUT2D eigenvalue weighted by molar-refractivity contribution is 0.0600. The quantitative estimate of drug-likeness (QED) is 0.223. The van der Waals surface area contributed by atoms with E-state index in [0.29, 0.717) is 36.0 Å². The van der Waals surface area contributed by atoms with Crippen molar-refractivity contribution in [1.29, 1.82) is 0 Å². The van der Waals surface area contributed by atoms with Crippen molar-refractivity contribution in [3.63, 3.8) is 0 Å². The van der Waals surface area contributed by atoms with E-state index in [1.807, 2.05) is 32.0 Å². The number of carbonyl (C=O) groups excluding carboxylic acids is 1. The molecule has 0 aliphatic heterocycles. The van der Waals surface area contributed by atoms with Crippen molar-refractivity contribution in [2.75, 3.05) is 13.2 Å². The average Bonchev–Trinajstić information content (AvgIpc) is 2.78. The molecule has 0 spiro atoms. The highest BCUT2D eigenvalue weighted by molar-refractivity contribution is 6.07. The molecule has 0 saturated carbocycles. The molecule has 8 nitrogen and oxygen atoms in total. The van der Waals surface area contributed by atoms with E-state index in [0.717, 1.165) is 40.4 Å². The molecule has 8 heteroatoms. The first-order valence-corrected chi connectivity index (χ1v) is 12.6. The zero-order valence-corrected chi connectivity index (χ0v) is 23.4. The fourth-order valence-corrected chi connectivity index (χ4v) is 3.96. The summed E-state index contributed by atoms with van der Waals surface area (Å²) in [6, 6.07) is 5.84. The Morgan fingerprint density at radius 3 is 2.43 bits per heavy atom. The topological polar surface area (TPSA) is 106 Å². The Morgan fingerprint density at radius 2 is 1.89 bits per heavy atom. The molecule has 0 bridgehead atoms. The van der Waals surface area contributed by atoms with Gasteiger partial charge in [-0.05, 0) is 70.9 Å². The number of nitrogens with two attached hydrogens (primary N) is 1. The molecule has 3 rings (SSSR count). The van der Waals surface area contributed by atoms with Gasteiger partial charge in [0.1, 0.15) is 17.1 Å². The Morgan fingerprint density at radius 1 is 1.22 bits per heavy atom. The maximum Gasteiger partial charge on any atom is 0.405 e. The number of fused-ring (bicyclic) bond motifs is 3. The van der Waals surface area contributed by atoms with Crippen LogP contribution in [0, 0.1) is 12.8 Å². The summed E-state index contributed by atoms with van der Waals surface area (Å²) in [7, 11) is 1.79. The van der Waals surface area contributed by atoms with Crippen molar-refractivity contribution in [2.45, 2.75) is 66.9 Å². The van der Waals surface area contributed by atoms with E-state index < -0.39 is 11.7 Å². The molecule has 0 aliphatic carbocycles. The Bertz CT molecular complexity index is 1320. The number of benzene rings is 1. The zero-order chi connectivity index (χ0) is 27.9. The van der Waals surface area contributed by atoms with Gasteiger partial charge < -0.3 is 24.5 Å². The van der Waals surface area contributed by atoms with Crippen molar-refractivity contribution >= 4 is 33.5 Å². The molecule has 2 N–H and O–H groups in total. The zero-order valence-electron chi connectivity index (χ0n) is 23.4. The fourth-order valence-electron chi connectivity index (χ4n) is 3.96. The molecule has 0 aliphatic rings. The van der Waals surface area contributed by atoms with Crippen LogP contribution >= 0.6 is 0 Å². The van der Waals surface area contributed by atoms with Crippen molar-refractivity contribution < 1.29 is 19.0 Å². The molecule has 2 aromatic heterocycles. The van der Waals surface area contributed by atoms with Gasteiger partial charge in [0.05, 0.1) is 35.4 Å². The van der Waals surface area contributed by atoms with E-state index in [-0.39, 0.29) is 5.56 Å². The number of hydrogen-bond donors (Lipinski definition) is 1. The fraction of sp³-hybridized carbons (Fsp3) is 0.483.